The molecular weight excluding hydrogens is 490 g/mol. The van der Waals surface area contributed by atoms with Gasteiger partial charge in [0.05, 0.1) is 11.1 Å². The van der Waals surface area contributed by atoms with E-state index in [0.717, 1.165) is 72.5 Å². The van der Waals surface area contributed by atoms with Gasteiger partial charge in [0.2, 0.25) is 0 Å². The maximum atomic E-state index is 14.7. The standard InChI is InChI=1S/C20H22FN2OP.C7H14.C6H12/c1-13-6-8-22(12-13)19-5-2-15(11-18(19)21)23-9-7-14-10-16(24)3-4-17(14)20(23)25;1-3-6-5-7(6)4-2;1-6-4-2-3-5-6/h2-5,10-11,13,24-25H,6-9,12H2,1H3;6-7H,3-5H2,1-2H3;6H,2-5H2,1H3. The van der Waals surface area contributed by atoms with Gasteiger partial charge in [-0.3, -0.25) is 0 Å². The third-order valence-electron chi connectivity index (χ3n) is 8.99. The zero-order valence-electron chi connectivity index (χ0n) is 24.0. The molecule has 3 unspecified atom stereocenters. The second-order valence-electron chi connectivity index (χ2n) is 12.0. The summed E-state index contributed by atoms with van der Waals surface area (Å²) in [7, 11) is 3.72. The van der Waals surface area contributed by atoms with Gasteiger partial charge in [-0.2, -0.15) is 0 Å². The van der Waals surface area contributed by atoms with Crippen molar-refractivity contribution in [3.63, 3.8) is 0 Å². The average molecular weight is 539 g/mol. The molecule has 2 saturated carbocycles. The smallest absolute Gasteiger partial charge is 0.148 e. The molecule has 1 saturated heterocycles. The zero-order valence-corrected chi connectivity index (χ0v) is 25.0. The third kappa shape index (κ3) is 7.32. The van der Waals surface area contributed by atoms with E-state index in [1.807, 2.05) is 18.2 Å². The van der Waals surface area contributed by atoms with Gasteiger partial charge in [-0.05, 0) is 84.9 Å². The predicted molar refractivity (Wildman–Crippen MR) is 164 cm³/mol. The number of nitrogens with zero attached hydrogens (tertiary/aromatic N) is 2. The molecule has 2 aromatic carbocycles. The van der Waals surface area contributed by atoms with Crippen LogP contribution < -0.4 is 9.80 Å². The molecule has 2 aromatic rings. The van der Waals surface area contributed by atoms with Crippen molar-refractivity contribution in [3.05, 3.63) is 53.3 Å². The second kappa shape index (κ2) is 13.3. The van der Waals surface area contributed by atoms with Gasteiger partial charge < -0.3 is 14.9 Å². The molecule has 2 heterocycles. The van der Waals surface area contributed by atoms with E-state index in [4.69, 9.17) is 0 Å². The zero-order chi connectivity index (χ0) is 27.2. The molecule has 4 aliphatic rings. The quantitative estimate of drug-likeness (QED) is 0.395. The van der Waals surface area contributed by atoms with Crippen molar-refractivity contribution in [2.45, 2.75) is 85.5 Å². The van der Waals surface area contributed by atoms with Crippen molar-refractivity contribution < 1.29 is 9.50 Å². The van der Waals surface area contributed by atoms with Gasteiger partial charge in [0, 0.05) is 30.9 Å². The van der Waals surface area contributed by atoms with Crippen LogP contribution in [0.5, 0.6) is 5.75 Å². The normalized spacial score (nSPS) is 24.3. The second-order valence-corrected chi connectivity index (χ2v) is 12.5. The van der Waals surface area contributed by atoms with Crippen LogP contribution in [-0.2, 0) is 6.42 Å². The Balaban J connectivity index is 0.000000211. The van der Waals surface area contributed by atoms with Gasteiger partial charge in [0.1, 0.15) is 11.6 Å². The minimum absolute atomic E-state index is 0.164. The number of halogens is 1. The van der Waals surface area contributed by atoms with Crippen LogP contribution in [0.4, 0.5) is 15.8 Å². The molecule has 0 radical (unpaired) electrons. The Morgan fingerprint density at radius 3 is 2.16 bits per heavy atom. The highest BCUT2D eigenvalue weighted by Gasteiger charge is 2.32. The van der Waals surface area contributed by atoms with Crippen LogP contribution in [0.2, 0.25) is 0 Å². The Kier molecular flexibility index (Phi) is 10.2. The van der Waals surface area contributed by atoms with Crippen molar-refractivity contribution in [2.24, 2.45) is 23.7 Å². The van der Waals surface area contributed by atoms with E-state index >= 15 is 0 Å². The van der Waals surface area contributed by atoms with Crippen molar-refractivity contribution >= 4 is 25.7 Å². The molecular formula is C33H48FN2OP. The van der Waals surface area contributed by atoms with E-state index in [-0.39, 0.29) is 11.6 Å². The maximum Gasteiger partial charge on any atom is 0.148 e. The lowest BCUT2D eigenvalue weighted by atomic mass is 9.98. The summed E-state index contributed by atoms with van der Waals surface area (Å²) in [5.41, 5.74) is 4.59. The first kappa shape index (κ1) is 28.9. The lowest BCUT2D eigenvalue weighted by molar-refractivity contribution is 0.474. The number of rotatable bonds is 4. The van der Waals surface area contributed by atoms with E-state index in [1.165, 1.54) is 44.9 Å². The number of hydrogen-bond donors (Lipinski definition) is 1. The van der Waals surface area contributed by atoms with Crippen LogP contribution >= 0.6 is 8.86 Å². The lowest BCUT2D eigenvalue weighted by Gasteiger charge is -2.32. The molecule has 2 aliphatic heterocycles. The lowest BCUT2D eigenvalue weighted by Crippen LogP contribution is -2.36. The summed E-state index contributed by atoms with van der Waals surface area (Å²) in [4.78, 5) is 4.21. The van der Waals surface area contributed by atoms with E-state index in [1.54, 1.807) is 18.2 Å². The third-order valence-corrected chi connectivity index (χ3v) is 9.53. The van der Waals surface area contributed by atoms with Gasteiger partial charge in [-0.15, -0.1) is 0 Å². The highest BCUT2D eigenvalue weighted by atomic mass is 31.0. The molecule has 1 N–H and O–H groups in total. The summed E-state index contributed by atoms with van der Waals surface area (Å²) < 4.78 is 14.7. The SMILES string of the molecule is CC1CCCC1.CC1CCN(c2ccc(N3CCc4cc(O)ccc4C3=P)cc2F)C1.CCC1CC1CC. The number of phenols is 1. The van der Waals surface area contributed by atoms with Crippen LogP contribution in [0, 0.1) is 29.5 Å². The van der Waals surface area contributed by atoms with Crippen molar-refractivity contribution in [1.29, 1.82) is 0 Å². The molecule has 0 amide bonds. The number of fused-ring (bicyclic) bond motifs is 1. The molecule has 0 bridgehead atoms. The van der Waals surface area contributed by atoms with E-state index < -0.39 is 0 Å². The highest BCUT2D eigenvalue weighted by molar-refractivity contribution is 7.22. The maximum absolute atomic E-state index is 14.7. The molecule has 2 aliphatic carbocycles. The van der Waals surface area contributed by atoms with E-state index in [9.17, 15) is 9.50 Å². The topological polar surface area (TPSA) is 26.7 Å². The Hall–Kier alpha value is -2.06. The van der Waals surface area contributed by atoms with Gasteiger partial charge in [-0.1, -0.05) is 75.1 Å². The highest BCUT2D eigenvalue weighted by Crippen LogP contribution is 2.43. The van der Waals surface area contributed by atoms with E-state index in [2.05, 4.69) is 46.4 Å². The molecule has 3 fully saturated rings. The van der Waals surface area contributed by atoms with Crippen molar-refractivity contribution in [2.75, 3.05) is 29.4 Å². The predicted octanol–water partition coefficient (Wildman–Crippen LogP) is 8.70. The molecule has 6 rings (SSSR count). The summed E-state index contributed by atoms with van der Waals surface area (Å²) >= 11 is 0. The molecule has 3 atom stereocenters. The fraction of sp³-hybridized carbons (Fsp3) is 0.606. The first-order valence-electron chi connectivity index (χ1n) is 15.0. The number of aromatic hydroxyl groups is 1. The largest absolute Gasteiger partial charge is 0.508 e. The molecule has 208 valence electrons. The van der Waals surface area contributed by atoms with Crippen molar-refractivity contribution in [1.82, 2.24) is 0 Å². The first-order valence-corrected chi connectivity index (χ1v) is 15.5. The number of benzene rings is 2. The number of hydrogen-bond acceptors (Lipinski definition) is 2. The van der Waals surface area contributed by atoms with Crippen LogP contribution in [0.15, 0.2) is 36.4 Å². The van der Waals surface area contributed by atoms with Crippen molar-refractivity contribution in [3.8, 4) is 5.75 Å². The summed E-state index contributed by atoms with van der Waals surface area (Å²) in [5.74, 6) is 4.01. The van der Waals surface area contributed by atoms with Crippen LogP contribution in [-0.4, -0.2) is 30.2 Å². The van der Waals surface area contributed by atoms with Gasteiger partial charge in [0.25, 0.3) is 0 Å². The Bertz CT molecular complexity index is 1070. The Morgan fingerprint density at radius 2 is 1.63 bits per heavy atom. The molecule has 3 nitrogen and oxygen atoms in total. The minimum Gasteiger partial charge on any atom is -0.508 e. The first-order chi connectivity index (χ1) is 18.3. The van der Waals surface area contributed by atoms with E-state index in [0.29, 0.717) is 11.6 Å². The molecule has 38 heavy (non-hydrogen) atoms. The number of anilines is 2. The monoisotopic (exact) mass is 538 g/mol. The van der Waals surface area contributed by atoms with Crippen LogP contribution in [0.1, 0.15) is 90.2 Å². The Labute approximate surface area is 232 Å². The van der Waals surface area contributed by atoms with Crippen LogP contribution in [0.3, 0.4) is 0 Å². The summed E-state index contributed by atoms with van der Waals surface area (Å²) in [6, 6.07) is 10.9. The number of phenolic OH excluding ortho intramolecular Hbond substituents is 1. The summed E-state index contributed by atoms with van der Waals surface area (Å²) in [6.45, 7) is 11.7. The fourth-order valence-corrected chi connectivity index (χ4v) is 6.76. The Morgan fingerprint density at radius 1 is 0.921 bits per heavy atom. The average Bonchev–Trinajstić information content (AvgIpc) is 3.29. The molecule has 0 spiro atoms. The van der Waals surface area contributed by atoms with Gasteiger partial charge in [0.15, 0.2) is 0 Å². The molecule has 5 heteroatoms. The minimum atomic E-state index is -0.164. The summed E-state index contributed by atoms with van der Waals surface area (Å²) in [6.07, 6.45) is 12.2. The van der Waals surface area contributed by atoms with Gasteiger partial charge in [-0.25, -0.2) is 4.39 Å². The molecule has 0 aromatic heterocycles. The fourth-order valence-electron chi connectivity index (χ4n) is 6.28. The van der Waals surface area contributed by atoms with Crippen LogP contribution in [0.25, 0.3) is 0 Å². The summed E-state index contributed by atoms with van der Waals surface area (Å²) in [5, 5.41) is 9.65. The van der Waals surface area contributed by atoms with Gasteiger partial charge >= 0.3 is 0 Å².